The van der Waals surface area contributed by atoms with Gasteiger partial charge in [-0.1, -0.05) is 37.5 Å². The molecule has 1 aliphatic heterocycles. The minimum absolute atomic E-state index is 0.0492. The van der Waals surface area contributed by atoms with E-state index in [1.807, 2.05) is 12.3 Å². The number of nitrogens with one attached hydrogen (secondary N) is 1. The second-order valence-electron chi connectivity index (χ2n) is 9.71. The Morgan fingerprint density at radius 3 is 2.48 bits per heavy atom. The van der Waals surface area contributed by atoms with Crippen LogP contribution in [0.3, 0.4) is 0 Å². The summed E-state index contributed by atoms with van der Waals surface area (Å²) in [4.78, 5) is 7.25. The predicted molar refractivity (Wildman–Crippen MR) is 139 cm³/mol. The van der Waals surface area contributed by atoms with Crippen molar-refractivity contribution in [2.45, 2.75) is 77.9 Å². The Balaban J connectivity index is 1.65. The van der Waals surface area contributed by atoms with E-state index in [9.17, 15) is 0 Å². The van der Waals surface area contributed by atoms with E-state index in [0.29, 0.717) is 6.04 Å². The van der Waals surface area contributed by atoms with Crippen molar-refractivity contribution in [1.29, 1.82) is 0 Å². The van der Waals surface area contributed by atoms with Gasteiger partial charge in [-0.3, -0.25) is 4.98 Å². The zero-order valence-corrected chi connectivity index (χ0v) is 21.0. The van der Waals surface area contributed by atoms with Crippen LogP contribution in [0.25, 0.3) is 5.69 Å². The number of rotatable bonds is 4. The first-order chi connectivity index (χ1) is 16.0. The topological polar surface area (TPSA) is 33.1 Å². The molecule has 2 aliphatic rings. The normalized spacial score (nSPS) is 21.5. The Bertz CT molecular complexity index is 1160. The number of hydrogen-bond acceptors (Lipinski definition) is 2. The van der Waals surface area contributed by atoms with Gasteiger partial charge in [0.05, 0.1) is 17.8 Å². The van der Waals surface area contributed by atoms with E-state index in [1.54, 1.807) is 0 Å². The molecule has 0 spiro atoms. The monoisotopic (exact) mass is 458 g/mol. The zero-order valence-electron chi connectivity index (χ0n) is 20.1. The molecule has 2 aromatic heterocycles. The average Bonchev–Trinajstić information content (AvgIpc) is 3.32. The third-order valence-corrected chi connectivity index (χ3v) is 8.04. The maximum atomic E-state index is 5.97. The Labute approximate surface area is 203 Å². The number of pyridine rings is 1. The fraction of sp³-hybridized carbons (Fsp3) is 0.429. The maximum Gasteiger partial charge on any atom is 0.170 e. The first kappa shape index (κ1) is 22.1. The molecule has 1 saturated carbocycles. The standard InChI is InChI=1S/C28H34N4S/c1-18-11-10-15-25(20(18)3)31-19(2)17-23(21(31)4)27-26(24-14-8-9-16-29-24)30-28(33)32(27)22-12-6-5-7-13-22/h8-11,14-17,22,26-27H,5-7,12-13H2,1-4H3,(H,30,33)/t26-,27-/m1/s1. The number of benzene rings is 1. The van der Waals surface area contributed by atoms with Gasteiger partial charge in [0.15, 0.2) is 5.11 Å². The Morgan fingerprint density at radius 2 is 1.76 bits per heavy atom. The highest BCUT2D eigenvalue weighted by atomic mass is 32.1. The molecule has 0 amide bonds. The first-order valence-electron chi connectivity index (χ1n) is 12.2. The van der Waals surface area contributed by atoms with Gasteiger partial charge in [-0.25, -0.2) is 0 Å². The smallest absolute Gasteiger partial charge is 0.170 e. The summed E-state index contributed by atoms with van der Waals surface area (Å²) in [7, 11) is 0. The SMILES string of the molecule is Cc1cccc(-n2c(C)cc([C@@H]3[C@@H](c4ccccn4)NC(=S)N3C3CCCCC3)c2C)c1C. The minimum atomic E-state index is 0.0492. The minimum Gasteiger partial charge on any atom is -0.352 e. The van der Waals surface area contributed by atoms with E-state index in [1.165, 1.54) is 65.9 Å². The summed E-state index contributed by atoms with van der Waals surface area (Å²) in [5.74, 6) is 0. The molecule has 172 valence electrons. The fourth-order valence-electron chi connectivity index (χ4n) is 5.89. The highest BCUT2D eigenvalue weighted by molar-refractivity contribution is 7.80. The van der Waals surface area contributed by atoms with Crippen molar-refractivity contribution in [3.8, 4) is 5.69 Å². The molecule has 0 radical (unpaired) electrons. The highest BCUT2D eigenvalue weighted by Gasteiger charge is 2.44. The van der Waals surface area contributed by atoms with Gasteiger partial charge in [-0.2, -0.15) is 0 Å². The molecule has 4 nitrogen and oxygen atoms in total. The molecule has 3 heterocycles. The van der Waals surface area contributed by atoms with Gasteiger partial charge >= 0.3 is 0 Å². The molecule has 3 aromatic rings. The summed E-state index contributed by atoms with van der Waals surface area (Å²) in [5, 5.41) is 4.54. The third-order valence-electron chi connectivity index (χ3n) is 7.71. The molecule has 1 aliphatic carbocycles. The van der Waals surface area contributed by atoms with Crippen molar-refractivity contribution in [1.82, 2.24) is 19.8 Å². The van der Waals surface area contributed by atoms with Crippen LogP contribution in [-0.2, 0) is 0 Å². The molecule has 5 heteroatoms. The van der Waals surface area contributed by atoms with Crippen LogP contribution in [0.4, 0.5) is 0 Å². The Morgan fingerprint density at radius 1 is 0.970 bits per heavy atom. The van der Waals surface area contributed by atoms with Crippen LogP contribution >= 0.6 is 12.2 Å². The van der Waals surface area contributed by atoms with Gasteiger partial charge in [0.25, 0.3) is 0 Å². The molecule has 1 saturated heterocycles. The number of hydrogen-bond donors (Lipinski definition) is 1. The summed E-state index contributed by atoms with van der Waals surface area (Å²) in [6.45, 7) is 8.90. The molecule has 0 unspecified atom stereocenters. The second kappa shape index (κ2) is 8.94. The quantitative estimate of drug-likeness (QED) is 0.458. The zero-order chi connectivity index (χ0) is 23.1. The number of thiocarbonyl (C=S) groups is 1. The molecule has 33 heavy (non-hydrogen) atoms. The lowest BCUT2D eigenvalue weighted by Gasteiger charge is -2.37. The van der Waals surface area contributed by atoms with Crippen molar-refractivity contribution in [3.05, 3.63) is 82.4 Å². The van der Waals surface area contributed by atoms with E-state index in [4.69, 9.17) is 17.2 Å². The second-order valence-corrected chi connectivity index (χ2v) is 10.1. The van der Waals surface area contributed by atoms with E-state index in [2.05, 4.69) is 78.9 Å². The summed E-state index contributed by atoms with van der Waals surface area (Å²) in [6.07, 6.45) is 8.21. The molecule has 5 rings (SSSR count). The number of aryl methyl sites for hydroxylation is 2. The molecule has 1 aromatic carbocycles. The van der Waals surface area contributed by atoms with E-state index in [0.717, 1.165) is 10.8 Å². The first-order valence-corrected chi connectivity index (χ1v) is 12.6. The molecule has 1 N–H and O–H groups in total. The maximum absolute atomic E-state index is 5.97. The summed E-state index contributed by atoms with van der Waals surface area (Å²) in [5.41, 5.74) is 8.87. The van der Waals surface area contributed by atoms with Gasteiger partial charge in [0.1, 0.15) is 0 Å². The van der Waals surface area contributed by atoms with Crippen LogP contribution in [-0.4, -0.2) is 25.6 Å². The molecular weight excluding hydrogens is 424 g/mol. The van der Waals surface area contributed by atoms with Crippen LogP contribution in [0.2, 0.25) is 0 Å². The van der Waals surface area contributed by atoms with Crippen molar-refractivity contribution >= 4 is 17.3 Å². The molecule has 2 atom stereocenters. The van der Waals surface area contributed by atoms with Crippen LogP contribution in [0, 0.1) is 27.7 Å². The van der Waals surface area contributed by atoms with Crippen LogP contribution in [0.1, 0.15) is 78.0 Å². The van der Waals surface area contributed by atoms with Crippen LogP contribution < -0.4 is 5.32 Å². The van der Waals surface area contributed by atoms with Gasteiger partial charge in [0, 0.05) is 29.3 Å². The Kier molecular flexibility index (Phi) is 6.00. The molecular formula is C28H34N4S. The molecule has 0 bridgehead atoms. The lowest BCUT2D eigenvalue weighted by Crippen LogP contribution is -2.40. The van der Waals surface area contributed by atoms with Gasteiger partial charge in [-0.05, 0) is 93.7 Å². The van der Waals surface area contributed by atoms with Crippen molar-refractivity contribution < 1.29 is 0 Å². The van der Waals surface area contributed by atoms with Gasteiger partial charge in [-0.15, -0.1) is 0 Å². The summed E-state index contributed by atoms with van der Waals surface area (Å²) >= 11 is 5.97. The van der Waals surface area contributed by atoms with Crippen molar-refractivity contribution in [2.24, 2.45) is 0 Å². The van der Waals surface area contributed by atoms with E-state index < -0.39 is 0 Å². The van der Waals surface area contributed by atoms with Gasteiger partial charge in [0.2, 0.25) is 0 Å². The fourth-order valence-corrected chi connectivity index (χ4v) is 6.28. The number of aromatic nitrogens is 2. The summed E-state index contributed by atoms with van der Waals surface area (Å²) in [6, 6.07) is 15.8. The van der Waals surface area contributed by atoms with E-state index >= 15 is 0 Å². The van der Waals surface area contributed by atoms with Gasteiger partial charge < -0.3 is 14.8 Å². The van der Waals surface area contributed by atoms with Crippen LogP contribution in [0.5, 0.6) is 0 Å². The lowest BCUT2D eigenvalue weighted by atomic mass is 9.90. The summed E-state index contributed by atoms with van der Waals surface area (Å²) < 4.78 is 2.42. The third kappa shape index (κ3) is 3.86. The van der Waals surface area contributed by atoms with Crippen molar-refractivity contribution in [2.75, 3.05) is 0 Å². The average molecular weight is 459 g/mol. The number of nitrogens with zero attached hydrogens (tertiary/aromatic N) is 3. The predicted octanol–water partition coefficient (Wildman–Crippen LogP) is 6.41. The van der Waals surface area contributed by atoms with Crippen LogP contribution in [0.15, 0.2) is 48.7 Å². The molecule has 2 fully saturated rings. The lowest BCUT2D eigenvalue weighted by molar-refractivity contribution is 0.197. The van der Waals surface area contributed by atoms with E-state index in [-0.39, 0.29) is 12.1 Å². The Hall–Kier alpha value is -2.66. The van der Waals surface area contributed by atoms with Crippen molar-refractivity contribution in [3.63, 3.8) is 0 Å². The highest BCUT2D eigenvalue weighted by Crippen LogP contribution is 2.44. The largest absolute Gasteiger partial charge is 0.352 e.